The molecule has 2 amide bonds. The second-order valence-corrected chi connectivity index (χ2v) is 10.9. The zero-order chi connectivity index (χ0) is 23.5. The predicted molar refractivity (Wildman–Crippen MR) is 123 cm³/mol. The molecule has 0 radical (unpaired) electrons. The zero-order valence-corrected chi connectivity index (χ0v) is 19.9. The van der Waals surface area contributed by atoms with Crippen molar-refractivity contribution in [3.63, 3.8) is 0 Å². The molecule has 1 aromatic carbocycles. The molecular weight excluding hydrogens is 432 g/mol. The summed E-state index contributed by atoms with van der Waals surface area (Å²) in [5.74, 6) is 0.153. The molecular formula is C22H32N4O5S. The zero-order valence-electron chi connectivity index (χ0n) is 19.1. The lowest BCUT2D eigenvalue weighted by Crippen LogP contribution is -2.45. The van der Waals surface area contributed by atoms with E-state index < -0.39 is 27.8 Å². The molecule has 0 spiro atoms. The molecule has 176 valence electrons. The maximum absolute atomic E-state index is 12.8. The number of rotatable bonds is 4. The van der Waals surface area contributed by atoms with E-state index in [1.165, 1.54) is 4.90 Å². The third-order valence-corrected chi connectivity index (χ3v) is 5.76. The van der Waals surface area contributed by atoms with E-state index in [-0.39, 0.29) is 5.91 Å². The highest BCUT2D eigenvalue weighted by molar-refractivity contribution is 7.89. The Hall–Kier alpha value is -2.62. The third kappa shape index (κ3) is 6.44. The number of carbonyl (C=O) groups excluding carboxylic acids is 2. The lowest BCUT2D eigenvalue weighted by molar-refractivity contribution is -0.120. The van der Waals surface area contributed by atoms with Crippen LogP contribution in [0.15, 0.2) is 28.7 Å². The van der Waals surface area contributed by atoms with Gasteiger partial charge < -0.3 is 15.0 Å². The summed E-state index contributed by atoms with van der Waals surface area (Å²) in [6.45, 7) is 7.38. The van der Waals surface area contributed by atoms with Crippen LogP contribution >= 0.6 is 0 Å². The Balaban J connectivity index is 1.71. The third-order valence-electron chi connectivity index (χ3n) is 5.25. The van der Waals surface area contributed by atoms with Gasteiger partial charge in [-0.15, -0.1) is 4.40 Å². The van der Waals surface area contributed by atoms with Crippen molar-refractivity contribution in [3.05, 3.63) is 29.8 Å². The Morgan fingerprint density at radius 1 is 1.06 bits per heavy atom. The van der Waals surface area contributed by atoms with Gasteiger partial charge in [-0.1, -0.05) is 0 Å². The maximum Gasteiger partial charge on any atom is 0.410 e. The largest absolute Gasteiger partial charge is 0.444 e. The molecule has 0 aliphatic carbocycles. The van der Waals surface area contributed by atoms with E-state index in [1.807, 2.05) is 4.90 Å². The number of carbonyl (C=O) groups is 2. The first-order chi connectivity index (χ1) is 14.9. The van der Waals surface area contributed by atoms with Crippen LogP contribution in [0.5, 0.6) is 0 Å². The minimum absolute atomic E-state index is 0.273. The molecule has 1 unspecified atom stereocenters. The molecule has 0 saturated carbocycles. The van der Waals surface area contributed by atoms with Crippen LogP contribution in [-0.4, -0.2) is 73.6 Å². The van der Waals surface area contributed by atoms with E-state index in [1.54, 1.807) is 45.0 Å². The van der Waals surface area contributed by atoms with Gasteiger partial charge in [-0.25, -0.2) is 13.2 Å². The van der Waals surface area contributed by atoms with Gasteiger partial charge in [0.1, 0.15) is 17.5 Å². The lowest BCUT2D eigenvalue weighted by Gasteiger charge is -2.28. The number of nitrogens with zero attached hydrogens (tertiary/aromatic N) is 3. The van der Waals surface area contributed by atoms with Gasteiger partial charge in [0.15, 0.2) is 0 Å². The Bertz CT molecular complexity index is 977. The van der Waals surface area contributed by atoms with Crippen LogP contribution in [0.1, 0.15) is 52.0 Å². The second-order valence-electron chi connectivity index (χ2n) is 9.24. The molecule has 2 heterocycles. The van der Waals surface area contributed by atoms with Crippen molar-refractivity contribution < 1.29 is 22.7 Å². The molecule has 2 fully saturated rings. The van der Waals surface area contributed by atoms with Gasteiger partial charge in [-0.05, 0) is 70.7 Å². The van der Waals surface area contributed by atoms with Gasteiger partial charge in [-0.3, -0.25) is 9.69 Å². The molecule has 32 heavy (non-hydrogen) atoms. The van der Waals surface area contributed by atoms with Crippen molar-refractivity contribution in [2.45, 2.75) is 58.1 Å². The Morgan fingerprint density at radius 3 is 2.25 bits per heavy atom. The number of amidine groups is 1. The monoisotopic (exact) mass is 464 g/mol. The Morgan fingerprint density at radius 2 is 1.69 bits per heavy atom. The van der Waals surface area contributed by atoms with Crippen molar-refractivity contribution in [3.8, 4) is 0 Å². The van der Waals surface area contributed by atoms with Gasteiger partial charge in [0.05, 0.1) is 6.26 Å². The number of hydrogen-bond acceptors (Lipinski definition) is 5. The highest BCUT2D eigenvalue weighted by Gasteiger charge is 2.36. The number of ether oxygens (including phenoxy) is 1. The van der Waals surface area contributed by atoms with E-state index in [0.717, 1.165) is 38.6 Å². The summed E-state index contributed by atoms with van der Waals surface area (Å²) in [5, 5.41) is 2.86. The van der Waals surface area contributed by atoms with Gasteiger partial charge in [0, 0.05) is 30.9 Å². The minimum atomic E-state index is -3.55. The van der Waals surface area contributed by atoms with Crippen molar-refractivity contribution in [1.82, 2.24) is 9.80 Å². The van der Waals surface area contributed by atoms with E-state index in [0.29, 0.717) is 30.1 Å². The fourth-order valence-electron chi connectivity index (χ4n) is 3.89. The van der Waals surface area contributed by atoms with Crippen molar-refractivity contribution in [2.24, 2.45) is 4.40 Å². The molecule has 2 aliphatic heterocycles. The first-order valence-corrected chi connectivity index (χ1v) is 12.7. The summed E-state index contributed by atoms with van der Waals surface area (Å²) in [7, 11) is -3.55. The number of amides is 2. The molecule has 0 aromatic heterocycles. The average molecular weight is 465 g/mol. The molecule has 1 aromatic rings. The Kier molecular flexibility index (Phi) is 7.12. The topological polar surface area (TPSA) is 108 Å². The summed E-state index contributed by atoms with van der Waals surface area (Å²) in [6, 6.07) is 6.34. The van der Waals surface area contributed by atoms with Gasteiger partial charge >= 0.3 is 6.09 Å². The van der Waals surface area contributed by atoms with Crippen LogP contribution in [-0.2, 0) is 19.6 Å². The van der Waals surface area contributed by atoms with Crippen LogP contribution in [0.2, 0.25) is 0 Å². The van der Waals surface area contributed by atoms with Crippen molar-refractivity contribution in [2.75, 3.05) is 31.2 Å². The molecule has 2 aliphatic rings. The smallest absolute Gasteiger partial charge is 0.410 e. The molecule has 0 bridgehead atoms. The molecule has 10 heteroatoms. The molecule has 2 saturated heterocycles. The van der Waals surface area contributed by atoms with E-state index >= 15 is 0 Å². The molecule has 1 atom stereocenters. The number of hydrogen-bond donors (Lipinski definition) is 1. The summed E-state index contributed by atoms with van der Waals surface area (Å²) < 4.78 is 32.9. The van der Waals surface area contributed by atoms with Crippen LogP contribution < -0.4 is 5.32 Å². The molecule has 3 rings (SSSR count). The van der Waals surface area contributed by atoms with E-state index in [4.69, 9.17) is 4.74 Å². The summed E-state index contributed by atoms with van der Waals surface area (Å²) in [5.41, 5.74) is 0.610. The van der Waals surface area contributed by atoms with Crippen molar-refractivity contribution in [1.29, 1.82) is 0 Å². The van der Waals surface area contributed by atoms with E-state index in [9.17, 15) is 18.0 Å². The number of benzene rings is 1. The van der Waals surface area contributed by atoms with Gasteiger partial charge in [0.25, 0.3) is 10.0 Å². The normalized spacial score (nSPS) is 19.9. The summed E-state index contributed by atoms with van der Waals surface area (Å²) in [4.78, 5) is 28.7. The number of sulfonamides is 1. The van der Waals surface area contributed by atoms with Crippen LogP contribution in [0.25, 0.3) is 0 Å². The van der Waals surface area contributed by atoms with Crippen LogP contribution in [0.4, 0.5) is 10.5 Å². The van der Waals surface area contributed by atoms with Crippen LogP contribution in [0.3, 0.4) is 0 Å². The number of anilines is 1. The highest BCUT2D eigenvalue weighted by Crippen LogP contribution is 2.23. The maximum atomic E-state index is 12.8. The fraction of sp³-hybridized carbons (Fsp3) is 0.591. The van der Waals surface area contributed by atoms with E-state index in [2.05, 4.69) is 9.71 Å². The lowest BCUT2D eigenvalue weighted by atomic mass is 10.1. The summed E-state index contributed by atoms with van der Waals surface area (Å²) >= 11 is 0. The standard InChI is InChI=1S/C22H32N4O5S/c1-22(2,3)31-21(28)26-15-7-8-18(26)20(27)23-17-11-9-16(10-12-17)19(24-32(4,29)30)25-13-5-6-14-25/h9-12,18H,5-8,13-15H2,1-4H3,(H,23,27). The minimum Gasteiger partial charge on any atom is -0.444 e. The average Bonchev–Trinajstić information content (AvgIpc) is 3.37. The first-order valence-electron chi connectivity index (χ1n) is 10.9. The van der Waals surface area contributed by atoms with Gasteiger partial charge in [0.2, 0.25) is 5.91 Å². The quantitative estimate of drug-likeness (QED) is 0.542. The first kappa shape index (κ1) is 24.0. The SMILES string of the molecule is CC(C)(C)OC(=O)N1CCCC1C(=O)Nc1ccc(C(=NS(C)(=O)=O)N2CCCC2)cc1. The Labute approximate surface area is 189 Å². The predicted octanol–water partition coefficient (Wildman–Crippen LogP) is 2.83. The molecule has 9 nitrogen and oxygen atoms in total. The fourth-order valence-corrected chi connectivity index (χ4v) is 4.42. The highest BCUT2D eigenvalue weighted by atomic mass is 32.2. The van der Waals surface area contributed by atoms with Crippen molar-refractivity contribution >= 4 is 33.5 Å². The summed E-state index contributed by atoms with van der Waals surface area (Å²) in [6.07, 6.45) is 3.88. The van der Waals surface area contributed by atoms with Gasteiger partial charge in [-0.2, -0.15) is 0 Å². The van der Waals surface area contributed by atoms with Crippen LogP contribution in [0, 0.1) is 0 Å². The molecule has 1 N–H and O–H groups in total. The number of likely N-dealkylation sites (tertiary alicyclic amines) is 2. The second kappa shape index (κ2) is 9.48. The number of nitrogens with one attached hydrogen (secondary N) is 1.